The minimum atomic E-state index is 0.215. The highest BCUT2D eigenvalue weighted by Gasteiger charge is 2.45. The van der Waals surface area contributed by atoms with Gasteiger partial charge in [-0.15, -0.1) is 0 Å². The second kappa shape index (κ2) is 9.44. The number of rotatable bonds is 5. The maximum atomic E-state index is 13.2. The van der Waals surface area contributed by atoms with Crippen LogP contribution in [0.3, 0.4) is 0 Å². The van der Waals surface area contributed by atoms with Crippen molar-refractivity contribution in [3.05, 3.63) is 24.2 Å². The fourth-order valence-corrected chi connectivity index (χ4v) is 7.02. The third-order valence-electron chi connectivity index (χ3n) is 8.70. The van der Waals surface area contributed by atoms with E-state index in [4.69, 9.17) is 4.42 Å². The van der Waals surface area contributed by atoms with Gasteiger partial charge >= 0.3 is 0 Å². The molecule has 4 aliphatic rings. The summed E-state index contributed by atoms with van der Waals surface area (Å²) in [5.74, 6) is 3.52. The smallest absolute Gasteiger partial charge is 0.223 e. The minimum absolute atomic E-state index is 0.215. The van der Waals surface area contributed by atoms with Crippen LogP contribution in [0.2, 0.25) is 0 Å². The second-order valence-electron chi connectivity index (χ2n) is 10.4. The molecule has 0 radical (unpaired) electrons. The highest BCUT2D eigenvalue weighted by atomic mass is 16.3. The van der Waals surface area contributed by atoms with Gasteiger partial charge in [-0.05, 0) is 74.0 Å². The number of hydrogen-bond donors (Lipinski definition) is 3. The lowest BCUT2D eigenvalue weighted by Gasteiger charge is -2.43. The van der Waals surface area contributed by atoms with Crippen LogP contribution in [-0.4, -0.2) is 31.7 Å². The zero-order chi connectivity index (χ0) is 20.3. The molecule has 4 fully saturated rings. The molecule has 2 aliphatic heterocycles. The topological polar surface area (TPSA) is 66.3 Å². The SMILES string of the molecule is O=C(NCC1CCCCC1)C1CCCCC1C1CNC2NCC(c3ccoc3)C2C1. The highest BCUT2D eigenvalue weighted by molar-refractivity contribution is 5.79. The Hall–Kier alpha value is -1.33. The molecule has 0 aromatic carbocycles. The van der Waals surface area contributed by atoms with E-state index in [0.29, 0.717) is 41.7 Å². The Kier molecular flexibility index (Phi) is 6.47. The molecule has 6 atom stereocenters. The summed E-state index contributed by atoms with van der Waals surface area (Å²) in [7, 11) is 0. The van der Waals surface area contributed by atoms with Gasteiger partial charge in [-0.2, -0.15) is 0 Å². The van der Waals surface area contributed by atoms with Crippen LogP contribution in [0.25, 0.3) is 0 Å². The zero-order valence-electron chi connectivity index (χ0n) is 18.3. The van der Waals surface area contributed by atoms with Crippen LogP contribution in [-0.2, 0) is 4.79 Å². The third-order valence-corrected chi connectivity index (χ3v) is 8.70. The van der Waals surface area contributed by atoms with Crippen LogP contribution in [0, 0.1) is 29.6 Å². The molecule has 1 aromatic rings. The van der Waals surface area contributed by atoms with Crippen LogP contribution >= 0.6 is 0 Å². The molecule has 2 aliphatic carbocycles. The normalized spacial score (nSPS) is 37.6. The van der Waals surface area contributed by atoms with E-state index in [0.717, 1.165) is 26.1 Å². The fraction of sp³-hybridized carbons (Fsp3) is 0.800. The largest absolute Gasteiger partial charge is 0.472 e. The van der Waals surface area contributed by atoms with Gasteiger partial charge in [-0.1, -0.05) is 32.1 Å². The summed E-state index contributed by atoms with van der Waals surface area (Å²) < 4.78 is 5.37. The van der Waals surface area contributed by atoms with Gasteiger partial charge < -0.3 is 20.4 Å². The predicted octanol–water partition coefficient (Wildman–Crippen LogP) is 4.02. The molecule has 0 spiro atoms. The first-order chi connectivity index (χ1) is 14.8. The van der Waals surface area contributed by atoms with E-state index in [1.807, 2.05) is 6.26 Å². The first-order valence-corrected chi connectivity index (χ1v) is 12.6. The maximum absolute atomic E-state index is 13.2. The summed E-state index contributed by atoms with van der Waals surface area (Å²) in [6.07, 6.45) is 16.8. The van der Waals surface area contributed by atoms with Gasteiger partial charge in [0.2, 0.25) is 5.91 Å². The lowest BCUT2D eigenvalue weighted by molar-refractivity contribution is -0.129. The Balaban J connectivity index is 1.22. The lowest BCUT2D eigenvalue weighted by Crippen LogP contribution is -2.52. The maximum Gasteiger partial charge on any atom is 0.223 e. The van der Waals surface area contributed by atoms with Gasteiger partial charge in [-0.3, -0.25) is 4.79 Å². The number of carbonyl (C=O) groups is 1. The zero-order valence-corrected chi connectivity index (χ0v) is 18.3. The third kappa shape index (κ3) is 4.34. The van der Waals surface area contributed by atoms with E-state index in [2.05, 4.69) is 22.0 Å². The van der Waals surface area contributed by atoms with Crippen molar-refractivity contribution in [1.82, 2.24) is 16.0 Å². The predicted molar refractivity (Wildman–Crippen MR) is 118 cm³/mol. The molecule has 166 valence electrons. The van der Waals surface area contributed by atoms with Gasteiger partial charge in [0.05, 0.1) is 18.7 Å². The van der Waals surface area contributed by atoms with E-state index >= 15 is 0 Å². The molecule has 1 amide bonds. The molecule has 6 unspecified atom stereocenters. The van der Waals surface area contributed by atoms with E-state index in [9.17, 15) is 4.79 Å². The number of hydrogen-bond acceptors (Lipinski definition) is 4. The molecule has 2 saturated carbocycles. The van der Waals surface area contributed by atoms with Gasteiger partial charge in [-0.25, -0.2) is 0 Å². The van der Waals surface area contributed by atoms with Crippen molar-refractivity contribution in [1.29, 1.82) is 0 Å². The van der Waals surface area contributed by atoms with Crippen molar-refractivity contribution < 1.29 is 9.21 Å². The Morgan fingerprint density at radius 2 is 1.80 bits per heavy atom. The number of amides is 1. The molecule has 1 aromatic heterocycles. The van der Waals surface area contributed by atoms with Crippen molar-refractivity contribution in [2.24, 2.45) is 29.6 Å². The van der Waals surface area contributed by atoms with Crippen molar-refractivity contribution >= 4 is 5.91 Å². The van der Waals surface area contributed by atoms with Crippen LogP contribution in [0.1, 0.15) is 75.7 Å². The summed E-state index contributed by atoms with van der Waals surface area (Å²) in [4.78, 5) is 13.2. The van der Waals surface area contributed by atoms with Crippen LogP contribution in [0.5, 0.6) is 0 Å². The average molecular weight is 414 g/mol. The summed E-state index contributed by atoms with van der Waals surface area (Å²) in [6, 6.07) is 2.13. The van der Waals surface area contributed by atoms with E-state index in [-0.39, 0.29) is 5.92 Å². The Bertz CT molecular complexity index is 685. The molecule has 0 bridgehead atoms. The monoisotopic (exact) mass is 413 g/mol. The van der Waals surface area contributed by atoms with Gasteiger partial charge in [0.1, 0.15) is 0 Å². The Morgan fingerprint density at radius 3 is 2.63 bits per heavy atom. The van der Waals surface area contributed by atoms with Gasteiger partial charge in [0.15, 0.2) is 0 Å². The Morgan fingerprint density at radius 1 is 1.00 bits per heavy atom. The first-order valence-electron chi connectivity index (χ1n) is 12.6. The van der Waals surface area contributed by atoms with Crippen molar-refractivity contribution in [2.75, 3.05) is 19.6 Å². The quantitative estimate of drug-likeness (QED) is 0.682. The second-order valence-corrected chi connectivity index (χ2v) is 10.4. The van der Waals surface area contributed by atoms with E-state index in [1.54, 1.807) is 6.26 Å². The standard InChI is InChI=1S/C25H39N3O2/c29-25(28-13-17-6-2-1-3-7-17)21-9-5-4-8-20(21)19-12-22-23(18-10-11-30-16-18)15-27-24(22)26-14-19/h10-11,16-17,19-24,26-27H,1-9,12-15H2,(H,28,29). The van der Waals surface area contributed by atoms with Gasteiger partial charge in [0, 0.05) is 24.9 Å². The van der Waals surface area contributed by atoms with Crippen molar-refractivity contribution in [3.63, 3.8) is 0 Å². The summed E-state index contributed by atoms with van der Waals surface area (Å²) in [6.45, 7) is 2.97. The first kappa shape index (κ1) is 20.6. The molecule has 3 N–H and O–H groups in total. The Labute approximate surface area is 181 Å². The van der Waals surface area contributed by atoms with Crippen LogP contribution in [0.4, 0.5) is 0 Å². The summed E-state index contributed by atoms with van der Waals surface area (Å²) in [5.41, 5.74) is 1.32. The number of carbonyl (C=O) groups excluding carboxylic acids is 1. The number of piperidine rings is 1. The summed E-state index contributed by atoms with van der Waals surface area (Å²) >= 11 is 0. The highest BCUT2D eigenvalue weighted by Crippen LogP contribution is 2.44. The molecule has 3 heterocycles. The van der Waals surface area contributed by atoms with Crippen LogP contribution < -0.4 is 16.0 Å². The molecular weight excluding hydrogens is 374 g/mol. The molecular formula is C25H39N3O2. The fourth-order valence-electron chi connectivity index (χ4n) is 7.02. The molecule has 2 saturated heterocycles. The van der Waals surface area contributed by atoms with E-state index < -0.39 is 0 Å². The molecule has 5 heteroatoms. The molecule has 5 nitrogen and oxygen atoms in total. The number of furan rings is 1. The van der Waals surface area contributed by atoms with Crippen molar-refractivity contribution in [2.45, 2.75) is 76.3 Å². The van der Waals surface area contributed by atoms with Gasteiger partial charge in [0.25, 0.3) is 0 Å². The van der Waals surface area contributed by atoms with E-state index in [1.165, 1.54) is 63.4 Å². The van der Waals surface area contributed by atoms with Crippen LogP contribution in [0.15, 0.2) is 23.0 Å². The summed E-state index contributed by atoms with van der Waals surface area (Å²) in [5, 5.41) is 10.9. The number of nitrogens with one attached hydrogen (secondary N) is 3. The minimum Gasteiger partial charge on any atom is -0.472 e. The number of fused-ring (bicyclic) bond motifs is 1. The average Bonchev–Trinajstić information content (AvgIpc) is 3.47. The van der Waals surface area contributed by atoms with Crippen molar-refractivity contribution in [3.8, 4) is 0 Å². The molecule has 5 rings (SSSR count). The molecule has 30 heavy (non-hydrogen) atoms. The lowest BCUT2D eigenvalue weighted by atomic mass is 9.67.